The topological polar surface area (TPSA) is 29.6 Å². The Hall–Kier alpha value is -1.65. The number of quaternary nitrogens is 1. The average molecular weight is 333 g/mol. The molecule has 2 N–H and O–H groups in total. The first kappa shape index (κ1) is 18.7. The van der Waals surface area contributed by atoms with Crippen LogP contribution in [0.4, 0.5) is 4.39 Å². The maximum absolute atomic E-state index is 13.9. The van der Waals surface area contributed by atoms with Crippen molar-refractivity contribution in [2.45, 2.75) is 46.4 Å². The summed E-state index contributed by atoms with van der Waals surface area (Å²) in [6, 6.07) is 11.0. The van der Waals surface area contributed by atoms with Gasteiger partial charge in [-0.2, -0.15) is 0 Å². The van der Waals surface area contributed by atoms with Gasteiger partial charge in [-0.05, 0) is 37.5 Å². The van der Waals surface area contributed by atoms with Gasteiger partial charge in [0.1, 0.15) is 25.0 Å². The number of nitrogens with one attached hydrogen (secondary N) is 1. The lowest BCUT2D eigenvalue weighted by atomic mass is 10.1. The van der Waals surface area contributed by atoms with E-state index < -0.39 is 0 Å². The molecule has 0 spiro atoms. The maximum atomic E-state index is 13.9. The molecular formula is C20H30FN2O+. The van der Waals surface area contributed by atoms with Crippen molar-refractivity contribution in [3.63, 3.8) is 0 Å². The standard InChI is InChI=1S/C20H29FN2O/c1-16(2)10-12-22(13-17(3)24)15-19-8-6-11-23(19)14-18-7-4-5-9-20(18)21/h4-9,11,16-17,24H,10,12-15H2,1-3H3/p+1/t17-/m0/s1. The molecule has 2 rings (SSSR count). The molecule has 0 saturated heterocycles. The smallest absolute Gasteiger partial charge is 0.128 e. The van der Waals surface area contributed by atoms with Crippen molar-refractivity contribution >= 4 is 0 Å². The van der Waals surface area contributed by atoms with E-state index in [9.17, 15) is 9.50 Å². The van der Waals surface area contributed by atoms with Crippen LogP contribution in [0.5, 0.6) is 0 Å². The molecule has 1 aromatic heterocycles. The zero-order chi connectivity index (χ0) is 17.5. The van der Waals surface area contributed by atoms with Crippen LogP contribution in [0.3, 0.4) is 0 Å². The Bertz CT molecular complexity index is 622. The van der Waals surface area contributed by atoms with Gasteiger partial charge in [-0.1, -0.05) is 32.0 Å². The first-order valence-corrected chi connectivity index (χ1v) is 8.84. The number of rotatable bonds is 9. The quantitative estimate of drug-likeness (QED) is 0.725. The Labute approximate surface area is 144 Å². The van der Waals surface area contributed by atoms with Crippen molar-refractivity contribution < 1.29 is 14.4 Å². The van der Waals surface area contributed by atoms with Gasteiger partial charge in [-0.15, -0.1) is 0 Å². The number of benzene rings is 1. The third kappa shape index (κ3) is 5.77. The van der Waals surface area contributed by atoms with Crippen molar-refractivity contribution in [1.82, 2.24) is 4.57 Å². The van der Waals surface area contributed by atoms with Crippen LogP contribution in [0, 0.1) is 11.7 Å². The summed E-state index contributed by atoms with van der Waals surface area (Å²) in [4.78, 5) is 1.37. The number of halogens is 1. The summed E-state index contributed by atoms with van der Waals surface area (Å²) in [5.74, 6) is 0.490. The Morgan fingerprint density at radius 2 is 1.88 bits per heavy atom. The number of aromatic nitrogens is 1. The van der Waals surface area contributed by atoms with Gasteiger partial charge >= 0.3 is 0 Å². The molecule has 0 radical (unpaired) electrons. The number of nitrogens with zero attached hydrogens (tertiary/aromatic N) is 1. The molecule has 24 heavy (non-hydrogen) atoms. The van der Waals surface area contributed by atoms with E-state index in [-0.39, 0.29) is 11.9 Å². The van der Waals surface area contributed by atoms with Crippen LogP contribution in [0.25, 0.3) is 0 Å². The molecule has 0 fully saturated rings. The average Bonchev–Trinajstić information content (AvgIpc) is 2.93. The van der Waals surface area contributed by atoms with E-state index in [2.05, 4.69) is 24.5 Å². The molecule has 0 aliphatic rings. The molecule has 0 aliphatic heterocycles. The lowest BCUT2D eigenvalue weighted by Crippen LogP contribution is -3.12. The molecule has 132 valence electrons. The fourth-order valence-corrected chi connectivity index (χ4v) is 3.00. The van der Waals surface area contributed by atoms with E-state index in [1.807, 2.05) is 31.3 Å². The van der Waals surface area contributed by atoms with Crippen molar-refractivity contribution in [3.8, 4) is 0 Å². The highest BCUT2D eigenvalue weighted by atomic mass is 19.1. The highest BCUT2D eigenvalue weighted by Gasteiger charge is 2.16. The number of hydrogen-bond acceptors (Lipinski definition) is 1. The zero-order valence-corrected chi connectivity index (χ0v) is 15.0. The van der Waals surface area contributed by atoms with Crippen LogP contribution in [0.15, 0.2) is 42.6 Å². The van der Waals surface area contributed by atoms with Gasteiger partial charge in [-0.25, -0.2) is 4.39 Å². The third-order valence-electron chi connectivity index (χ3n) is 4.31. The molecule has 0 aliphatic carbocycles. The SMILES string of the molecule is CC(C)CC[NH+](Cc1cccn1Cc1ccccc1F)C[C@H](C)O. The molecule has 4 heteroatoms. The van der Waals surface area contributed by atoms with E-state index >= 15 is 0 Å². The first-order chi connectivity index (χ1) is 11.5. The first-order valence-electron chi connectivity index (χ1n) is 8.84. The molecule has 0 saturated carbocycles. The minimum absolute atomic E-state index is 0.162. The highest BCUT2D eigenvalue weighted by molar-refractivity contribution is 5.19. The molecule has 1 heterocycles. The third-order valence-corrected chi connectivity index (χ3v) is 4.31. The summed E-state index contributed by atoms with van der Waals surface area (Å²) in [7, 11) is 0. The molecule has 2 aromatic rings. The van der Waals surface area contributed by atoms with Gasteiger partial charge in [-0.3, -0.25) is 0 Å². The largest absolute Gasteiger partial charge is 0.388 e. The van der Waals surface area contributed by atoms with Gasteiger partial charge < -0.3 is 14.6 Å². The van der Waals surface area contributed by atoms with Gasteiger partial charge in [0.2, 0.25) is 0 Å². The second-order valence-electron chi connectivity index (χ2n) is 7.13. The lowest BCUT2D eigenvalue weighted by Gasteiger charge is -2.22. The summed E-state index contributed by atoms with van der Waals surface area (Å²) >= 11 is 0. The lowest BCUT2D eigenvalue weighted by molar-refractivity contribution is -0.917. The predicted molar refractivity (Wildman–Crippen MR) is 95.5 cm³/mol. The summed E-state index contributed by atoms with van der Waals surface area (Å²) < 4.78 is 16.0. The van der Waals surface area contributed by atoms with Crippen molar-refractivity contribution in [3.05, 3.63) is 59.7 Å². The molecule has 1 aromatic carbocycles. The molecule has 3 nitrogen and oxygen atoms in total. The molecular weight excluding hydrogens is 303 g/mol. The van der Waals surface area contributed by atoms with Crippen LogP contribution in [-0.2, 0) is 13.1 Å². The number of hydrogen-bond donors (Lipinski definition) is 2. The second kappa shape index (κ2) is 9.00. The fourth-order valence-electron chi connectivity index (χ4n) is 3.00. The van der Waals surface area contributed by atoms with E-state index in [0.29, 0.717) is 18.0 Å². The van der Waals surface area contributed by atoms with Crippen molar-refractivity contribution in [1.29, 1.82) is 0 Å². The summed E-state index contributed by atoms with van der Waals surface area (Å²) in [6.45, 7) is 9.45. The van der Waals surface area contributed by atoms with Crippen LogP contribution >= 0.6 is 0 Å². The minimum Gasteiger partial charge on any atom is -0.388 e. The second-order valence-corrected chi connectivity index (χ2v) is 7.13. The van der Waals surface area contributed by atoms with Gasteiger partial charge in [0.25, 0.3) is 0 Å². The van der Waals surface area contributed by atoms with Gasteiger partial charge in [0, 0.05) is 11.8 Å². The van der Waals surface area contributed by atoms with Gasteiger partial charge in [0.15, 0.2) is 0 Å². The minimum atomic E-state index is -0.317. The Balaban J connectivity index is 2.08. The van der Waals surface area contributed by atoms with E-state index in [1.54, 1.807) is 6.07 Å². The highest BCUT2D eigenvalue weighted by Crippen LogP contribution is 2.11. The molecule has 0 bridgehead atoms. The maximum Gasteiger partial charge on any atom is 0.128 e. The van der Waals surface area contributed by atoms with Crippen molar-refractivity contribution in [2.75, 3.05) is 13.1 Å². The van der Waals surface area contributed by atoms with E-state index in [1.165, 1.54) is 16.7 Å². The normalized spacial score (nSPS) is 14.1. The molecule has 2 atom stereocenters. The molecule has 1 unspecified atom stereocenters. The summed E-state index contributed by atoms with van der Waals surface area (Å²) in [6.07, 6.45) is 2.82. The number of aliphatic hydroxyl groups is 1. The van der Waals surface area contributed by atoms with Crippen LogP contribution in [-0.4, -0.2) is 28.9 Å². The summed E-state index contributed by atoms with van der Waals surface area (Å²) in [5.41, 5.74) is 1.88. The molecule has 0 amide bonds. The van der Waals surface area contributed by atoms with Crippen molar-refractivity contribution in [2.24, 2.45) is 5.92 Å². The van der Waals surface area contributed by atoms with Crippen LogP contribution in [0.1, 0.15) is 38.4 Å². The predicted octanol–water partition coefficient (Wildman–Crippen LogP) is 2.49. The van der Waals surface area contributed by atoms with E-state index in [4.69, 9.17) is 0 Å². The fraction of sp³-hybridized carbons (Fsp3) is 0.500. The zero-order valence-electron chi connectivity index (χ0n) is 15.0. The van der Waals surface area contributed by atoms with E-state index in [0.717, 1.165) is 26.1 Å². The summed E-state index contributed by atoms with van der Waals surface area (Å²) in [5, 5.41) is 9.78. The monoisotopic (exact) mass is 333 g/mol. The van der Waals surface area contributed by atoms with Gasteiger partial charge in [0.05, 0.1) is 18.8 Å². The van der Waals surface area contributed by atoms with Crippen LogP contribution in [0.2, 0.25) is 0 Å². The Morgan fingerprint density at radius 1 is 1.12 bits per heavy atom. The Kier molecular flexibility index (Phi) is 7.00. The van der Waals surface area contributed by atoms with Crippen LogP contribution < -0.4 is 4.90 Å². The number of aliphatic hydroxyl groups excluding tert-OH is 1. The Morgan fingerprint density at radius 3 is 2.54 bits per heavy atom.